The van der Waals surface area contributed by atoms with Crippen LogP contribution in [0.15, 0.2) is 24.3 Å². The van der Waals surface area contributed by atoms with Crippen LogP contribution in [0.2, 0.25) is 0 Å². The highest BCUT2D eigenvalue weighted by Gasteiger charge is 2.33. The number of anilines is 3. The van der Waals surface area contributed by atoms with Gasteiger partial charge in [-0.3, -0.25) is 9.69 Å². The van der Waals surface area contributed by atoms with Gasteiger partial charge in [-0.25, -0.2) is 9.97 Å². The number of methoxy groups -OCH3 is 1. The summed E-state index contributed by atoms with van der Waals surface area (Å²) in [4.78, 5) is 31.5. The lowest BCUT2D eigenvalue weighted by molar-refractivity contribution is -0.142. The van der Waals surface area contributed by atoms with Crippen molar-refractivity contribution in [2.45, 2.75) is 32.1 Å². The molecule has 0 unspecified atom stereocenters. The van der Waals surface area contributed by atoms with Gasteiger partial charge in [-0.05, 0) is 20.4 Å². The van der Waals surface area contributed by atoms with Crippen LogP contribution in [0, 0.1) is 18.3 Å². The number of rotatable bonds is 9. The number of benzene rings is 1. The number of carbonyl (C=O) groups is 1. The molecule has 0 aliphatic carbocycles. The predicted octanol–water partition coefficient (Wildman–Crippen LogP) is 2.72. The molecule has 2 aliphatic heterocycles. The molecule has 4 aromatic rings. The summed E-state index contributed by atoms with van der Waals surface area (Å²) in [6.07, 6.45) is 0.533. The first kappa shape index (κ1) is 28.5. The third-order valence-corrected chi connectivity index (χ3v) is 9.83. The Bertz CT molecular complexity index is 1630. The van der Waals surface area contributed by atoms with Crippen molar-refractivity contribution in [2.75, 3.05) is 63.7 Å². The van der Waals surface area contributed by atoms with Crippen LogP contribution in [-0.2, 0) is 16.1 Å². The maximum Gasteiger partial charge on any atom is 0.236 e. The average molecular weight is 608 g/mol. The fraction of sp³-hybridized carbons (Fsp3) is 0.464. The van der Waals surface area contributed by atoms with Crippen LogP contribution >= 0.6 is 22.7 Å². The number of thiazole rings is 1. The minimum atomic E-state index is -0.391. The van der Waals surface area contributed by atoms with Crippen molar-refractivity contribution in [2.24, 2.45) is 0 Å². The van der Waals surface area contributed by atoms with Crippen LogP contribution in [0.1, 0.15) is 22.6 Å². The number of nitriles is 1. The van der Waals surface area contributed by atoms with E-state index >= 15 is 0 Å². The number of likely N-dealkylation sites (tertiary alicyclic amines) is 1. The standard InChI is InChI=1S/C28H33N9O3S2/c1-17-5-7-18(8-6-17)24-22(11-29)41-26(31-24)34(3)25-21(16-40-4)30-27-37(25)32-28(42-27)35-10-9-19(12-35)33(2)15-23(39)36-13-20(38)14-36/h5-8,19-20,38H,9-10,12-16H2,1-4H3/t19-/m1/s1. The molecule has 0 radical (unpaired) electrons. The zero-order valence-electron chi connectivity index (χ0n) is 24.0. The maximum absolute atomic E-state index is 12.5. The lowest BCUT2D eigenvalue weighted by atomic mass is 10.1. The van der Waals surface area contributed by atoms with E-state index in [1.807, 2.05) is 54.7 Å². The van der Waals surface area contributed by atoms with E-state index in [9.17, 15) is 15.2 Å². The number of likely N-dealkylation sites (N-methyl/N-ethyl adjacent to an activating group) is 1. The molecule has 5 heterocycles. The molecule has 1 amide bonds. The van der Waals surface area contributed by atoms with Crippen LogP contribution in [0.5, 0.6) is 0 Å². The number of aromatic nitrogens is 4. The third kappa shape index (κ3) is 5.34. The van der Waals surface area contributed by atoms with E-state index in [1.165, 1.54) is 22.7 Å². The molecule has 3 aromatic heterocycles. The van der Waals surface area contributed by atoms with Crippen molar-refractivity contribution in [1.82, 2.24) is 29.4 Å². The molecule has 2 saturated heterocycles. The Balaban J connectivity index is 1.23. The number of imidazole rings is 1. The minimum Gasteiger partial charge on any atom is -0.389 e. The Morgan fingerprint density at radius 2 is 1.95 bits per heavy atom. The topological polar surface area (TPSA) is 126 Å². The summed E-state index contributed by atoms with van der Waals surface area (Å²) in [5, 5.41) is 25.9. The molecule has 0 bridgehead atoms. The smallest absolute Gasteiger partial charge is 0.236 e. The summed E-state index contributed by atoms with van der Waals surface area (Å²) in [6, 6.07) is 10.5. The first-order valence-electron chi connectivity index (χ1n) is 13.8. The number of nitrogens with zero attached hydrogens (tertiary/aromatic N) is 9. The Kier molecular flexibility index (Phi) is 7.86. The molecule has 6 rings (SSSR count). The van der Waals surface area contributed by atoms with Gasteiger partial charge >= 0.3 is 0 Å². The lowest BCUT2D eigenvalue weighted by Crippen LogP contribution is -2.56. The van der Waals surface area contributed by atoms with Gasteiger partial charge in [0.15, 0.2) is 10.9 Å². The van der Waals surface area contributed by atoms with Crippen molar-refractivity contribution >= 4 is 49.6 Å². The molecule has 14 heteroatoms. The van der Waals surface area contributed by atoms with Crippen molar-refractivity contribution < 1.29 is 14.6 Å². The average Bonchev–Trinajstić information content (AvgIpc) is 3.74. The molecule has 0 saturated carbocycles. The van der Waals surface area contributed by atoms with Crippen LogP contribution in [0.25, 0.3) is 16.2 Å². The molecule has 0 spiro atoms. The highest BCUT2D eigenvalue weighted by molar-refractivity contribution is 7.20. The summed E-state index contributed by atoms with van der Waals surface area (Å²) in [5.74, 6) is 0.804. The number of amides is 1. The molecule has 1 aromatic carbocycles. The predicted molar refractivity (Wildman–Crippen MR) is 162 cm³/mol. The second-order valence-corrected chi connectivity index (χ2v) is 12.8. The monoisotopic (exact) mass is 607 g/mol. The number of aliphatic hydroxyl groups is 1. The number of fused-ring (bicyclic) bond motifs is 1. The minimum absolute atomic E-state index is 0.0552. The summed E-state index contributed by atoms with van der Waals surface area (Å²) in [5.41, 5.74) is 3.45. The Labute approximate surface area is 252 Å². The second kappa shape index (κ2) is 11.6. The molecule has 42 heavy (non-hydrogen) atoms. The van der Waals surface area contributed by atoms with E-state index in [0.29, 0.717) is 41.9 Å². The van der Waals surface area contributed by atoms with Gasteiger partial charge in [0.1, 0.15) is 22.3 Å². The molecule has 2 fully saturated rings. The first-order chi connectivity index (χ1) is 20.2. The number of aliphatic hydroxyl groups excluding tert-OH is 1. The molecule has 1 N–H and O–H groups in total. The maximum atomic E-state index is 12.5. The fourth-order valence-corrected chi connectivity index (χ4v) is 7.17. The van der Waals surface area contributed by atoms with Crippen LogP contribution < -0.4 is 9.80 Å². The molecule has 12 nitrogen and oxygen atoms in total. The largest absolute Gasteiger partial charge is 0.389 e. The Hall–Kier alpha value is -3.61. The van der Waals surface area contributed by atoms with Crippen molar-refractivity contribution in [1.29, 1.82) is 5.26 Å². The van der Waals surface area contributed by atoms with Crippen molar-refractivity contribution in [3.05, 3.63) is 40.4 Å². The van der Waals surface area contributed by atoms with E-state index < -0.39 is 6.10 Å². The number of ether oxygens (including phenoxy) is 1. The highest BCUT2D eigenvalue weighted by Crippen LogP contribution is 2.38. The van der Waals surface area contributed by atoms with Gasteiger partial charge in [-0.15, -0.1) is 5.10 Å². The third-order valence-electron chi connectivity index (χ3n) is 7.82. The SMILES string of the molecule is COCc1nc2sc(N3CC[C@@H](N(C)CC(=O)N4CC(O)C4)C3)nn2c1N(C)c1nc(-c2ccc(C)cc2)c(C#N)s1. The van der Waals surface area contributed by atoms with E-state index in [1.54, 1.807) is 12.0 Å². The molecular weight excluding hydrogens is 575 g/mol. The van der Waals surface area contributed by atoms with Crippen LogP contribution in [-0.4, -0.2) is 106 Å². The van der Waals surface area contributed by atoms with Gasteiger partial charge in [0.25, 0.3) is 0 Å². The van der Waals surface area contributed by atoms with Crippen LogP contribution in [0.3, 0.4) is 0 Å². The van der Waals surface area contributed by atoms with Gasteiger partial charge in [0.2, 0.25) is 16.0 Å². The van der Waals surface area contributed by atoms with E-state index in [2.05, 4.69) is 15.9 Å². The molecule has 1 atom stereocenters. The zero-order valence-corrected chi connectivity index (χ0v) is 25.7. The number of aryl methyl sites for hydroxylation is 1. The Morgan fingerprint density at radius 3 is 2.64 bits per heavy atom. The second-order valence-electron chi connectivity index (χ2n) is 10.9. The molecule has 220 valence electrons. The van der Waals surface area contributed by atoms with E-state index in [-0.39, 0.29) is 11.9 Å². The van der Waals surface area contributed by atoms with Crippen LogP contribution in [0.4, 0.5) is 16.1 Å². The summed E-state index contributed by atoms with van der Waals surface area (Å²) >= 11 is 2.85. The van der Waals surface area contributed by atoms with E-state index in [4.69, 9.17) is 19.8 Å². The van der Waals surface area contributed by atoms with Gasteiger partial charge in [-0.2, -0.15) is 9.78 Å². The molecular formula is C28H33N9O3S2. The van der Waals surface area contributed by atoms with E-state index in [0.717, 1.165) is 52.2 Å². The van der Waals surface area contributed by atoms with Gasteiger partial charge in [0, 0.05) is 51.9 Å². The fourth-order valence-electron chi connectivity index (χ4n) is 5.37. The van der Waals surface area contributed by atoms with Crippen molar-refractivity contribution in [3.8, 4) is 17.3 Å². The van der Waals surface area contributed by atoms with Gasteiger partial charge in [0.05, 0.1) is 19.3 Å². The zero-order chi connectivity index (χ0) is 29.5. The number of β-amino-alcohol motifs (C(OH)–C–C–N with tert-alkyl or cyclic N) is 1. The lowest BCUT2D eigenvalue weighted by Gasteiger charge is -2.37. The highest BCUT2D eigenvalue weighted by atomic mass is 32.1. The van der Waals surface area contributed by atoms with Gasteiger partial charge in [-0.1, -0.05) is 52.5 Å². The quantitative estimate of drug-likeness (QED) is 0.304. The van der Waals surface area contributed by atoms with Gasteiger partial charge < -0.3 is 24.5 Å². The number of hydrogen-bond donors (Lipinski definition) is 1. The summed E-state index contributed by atoms with van der Waals surface area (Å²) < 4.78 is 7.30. The summed E-state index contributed by atoms with van der Waals surface area (Å²) in [7, 11) is 5.53. The number of carbonyl (C=O) groups excluding carboxylic acids is 1. The summed E-state index contributed by atoms with van der Waals surface area (Å²) in [6.45, 7) is 5.12. The molecule has 2 aliphatic rings. The number of hydrogen-bond acceptors (Lipinski definition) is 12. The first-order valence-corrected chi connectivity index (χ1v) is 15.4. The normalized spacial score (nSPS) is 17.3. The Morgan fingerprint density at radius 1 is 1.19 bits per heavy atom. The van der Waals surface area contributed by atoms with Crippen molar-refractivity contribution in [3.63, 3.8) is 0 Å².